The third kappa shape index (κ3) is 2.77. The zero-order valence-corrected chi connectivity index (χ0v) is 13.4. The molecule has 0 bridgehead atoms. The molecule has 0 saturated carbocycles. The Labute approximate surface area is 144 Å². The molecule has 0 aliphatic heterocycles. The van der Waals surface area contributed by atoms with Gasteiger partial charge in [0, 0.05) is 28.2 Å². The van der Waals surface area contributed by atoms with E-state index in [-0.39, 0.29) is 22.3 Å². The van der Waals surface area contributed by atoms with Gasteiger partial charge in [-0.3, -0.25) is 9.59 Å². The minimum absolute atomic E-state index is 0.0380. The highest BCUT2D eigenvalue weighted by molar-refractivity contribution is 7.91. The van der Waals surface area contributed by atoms with Crippen LogP contribution in [0, 0.1) is 0 Å². The lowest BCUT2D eigenvalue weighted by Gasteiger charge is -2.19. The summed E-state index contributed by atoms with van der Waals surface area (Å²) in [6.45, 7) is 0. The third-order valence-electron chi connectivity index (χ3n) is 3.67. The molecule has 0 unspecified atom stereocenters. The molecule has 1 aliphatic carbocycles. The van der Waals surface area contributed by atoms with Crippen molar-refractivity contribution >= 4 is 27.5 Å². The number of alkyl halides is 3. The van der Waals surface area contributed by atoms with E-state index in [1.807, 2.05) is 0 Å². The summed E-state index contributed by atoms with van der Waals surface area (Å²) < 4.78 is 61.1. The number of ketones is 2. The predicted molar refractivity (Wildman–Crippen MR) is 81.3 cm³/mol. The van der Waals surface area contributed by atoms with Gasteiger partial charge in [0.1, 0.15) is 0 Å². The van der Waals surface area contributed by atoms with Crippen LogP contribution in [0.5, 0.6) is 0 Å². The monoisotopic (exact) mass is 382 g/mol. The highest BCUT2D eigenvalue weighted by Crippen LogP contribution is 2.28. The Bertz CT molecular complexity index is 1090. The maximum Gasteiger partial charge on any atom is 0.518 e. The lowest BCUT2D eigenvalue weighted by atomic mass is 9.83. The third-order valence-corrected chi connectivity index (χ3v) is 4.66. The van der Waals surface area contributed by atoms with E-state index in [1.54, 1.807) is 6.07 Å². The standard InChI is InChI=1S/C16H8F3NO5S/c17-16(18,19)26(24,25)20-15(23)8-5-6-11-12(7-8)14(22)10-4-2-1-3-9(10)13(11)21/h1-7H,(H,20,23)/p-1. The van der Waals surface area contributed by atoms with Crippen LogP contribution in [0.25, 0.3) is 0 Å². The number of carbonyl (C=O) groups is 2. The van der Waals surface area contributed by atoms with Gasteiger partial charge in [0.05, 0.1) is 0 Å². The van der Waals surface area contributed by atoms with Gasteiger partial charge in [0.25, 0.3) is 0 Å². The topological polar surface area (TPSA) is 104 Å². The molecule has 0 spiro atoms. The van der Waals surface area contributed by atoms with E-state index in [9.17, 15) is 36.3 Å². The molecule has 3 rings (SSSR count). The molecule has 1 aliphatic rings. The Kier molecular flexibility index (Phi) is 3.95. The first-order chi connectivity index (χ1) is 12.0. The van der Waals surface area contributed by atoms with Crippen LogP contribution in [-0.2, 0) is 10.0 Å². The summed E-state index contributed by atoms with van der Waals surface area (Å²) in [6.07, 6.45) is 0. The molecule has 2 aromatic rings. The van der Waals surface area contributed by atoms with Gasteiger partial charge in [-0.15, -0.1) is 0 Å². The number of benzene rings is 2. The molecule has 26 heavy (non-hydrogen) atoms. The van der Waals surface area contributed by atoms with Crippen LogP contribution in [-0.4, -0.2) is 31.4 Å². The average Bonchev–Trinajstić information content (AvgIpc) is 2.58. The van der Waals surface area contributed by atoms with Crippen molar-refractivity contribution < 1.29 is 36.3 Å². The molecule has 134 valence electrons. The van der Waals surface area contributed by atoms with Gasteiger partial charge in [-0.2, -0.15) is 26.0 Å². The quantitative estimate of drug-likeness (QED) is 0.493. The summed E-state index contributed by atoms with van der Waals surface area (Å²) in [6, 6.07) is 8.81. The largest absolute Gasteiger partial charge is 0.858 e. The van der Waals surface area contributed by atoms with Gasteiger partial charge >= 0.3 is 15.5 Å². The van der Waals surface area contributed by atoms with Crippen LogP contribution in [0.1, 0.15) is 37.4 Å². The Morgan fingerprint density at radius 1 is 0.885 bits per heavy atom. The first-order valence-electron chi connectivity index (χ1n) is 6.94. The molecular formula is C16H7F3NO5S-. The average molecular weight is 382 g/mol. The number of rotatable bonds is 2. The van der Waals surface area contributed by atoms with Gasteiger partial charge in [-0.25, -0.2) is 0 Å². The molecule has 0 amide bonds. The van der Waals surface area contributed by atoms with Crippen molar-refractivity contribution in [1.29, 1.82) is 0 Å². The maximum atomic E-state index is 12.5. The SMILES string of the molecule is O=C1c2ccccc2C(=O)c2cc(/C([O-])=N/S(=O)(=O)C(F)(F)F)ccc21. The van der Waals surface area contributed by atoms with Crippen molar-refractivity contribution in [2.45, 2.75) is 5.51 Å². The van der Waals surface area contributed by atoms with Crippen molar-refractivity contribution in [1.82, 2.24) is 0 Å². The molecule has 0 heterocycles. The summed E-state index contributed by atoms with van der Waals surface area (Å²) >= 11 is 0. The second-order valence-electron chi connectivity index (χ2n) is 5.28. The Morgan fingerprint density at radius 3 is 1.92 bits per heavy atom. The van der Waals surface area contributed by atoms with E-state index in [0.717, 1.165) is 18.2 Å². The molecule has 0 atom stereocenters. The van der Waals surface area contributed by atoms with Crippen LogP contribution in [0.2, 0.25) is 0 Å². The van der Waals surface area contributed by atoms with Gasteiger partial charge in [0.2, 0.25) is 0 Å². The molecule has 0 radical (unpaired) electrons. The summed E-state index contributed by atoms with van der Waals surface area (Å²) in [5.41, 5.74) is -6.29. The highest BCUT2D eigenvalue weighted by atomic mass is 32.2. The molecular weight excluding hydrogens is 375 g/mol. The van der Waals surface area contributed by atoms with E-state index >= 15 is 0 Å². The van der Waals surface area contributed by atoms with E-state index < -0.39 is 38.6 Å². The van der Waals surface area contributed by atoms with Crippen LogP contribution in [0.15, 0.2) is 46.9 Å². The van der Waals surface area contributed by atoms with Crippen LogP contribution >= 0.6 is 0 Å². The molecule has 0 fully saturated rings. The maximum absolute atomic E-state index is 12.5. The fraction of sp³-hybridized carbons (Fsp3) is 0.0625. The number of carbonyl (C=O) groups excluding carboxylic acids is 2. The van der Waals surface area contributed by atoms with E-state index in [4.69, 9.17) is 0 Å². The zero-order chi connectivity index (χ0) is 19.3. The molecule has 2 aromatic carbocycles. The van der Waals surface area contributed by atoms with E-state index in [1.165, 1.54) is 18.2 Å². The lowest BCUT2D eigenvalue weighted by Crippen LogP contribution is -2.28. The van der Waals surface area contributed by atoms with E-state index in [0.29, 0.717) is 0 Å². The molecule has 0 aromatic heterocycles. The van der Waals surface area contributed by atoms with Crippen molar-refractivity contribution in [3.8, 4) is 0 Å². The minimum atomic E-state index is -6.02. The first-order valence-corrected chi connectivity index (χ1v) is 8.38. The van der Waals surface area contributed by atoms with Crippen LogP contribution in [0.4, 0.5) is 13.2 Å². The second-order valence-corrected chi connectivity index (χ2v) is 6.88. The van der Waals surface area contributed by atoms with Crippen molar-refractivity contribution in [2.75, 3.05) is 0 Å². The van der Waals surface area contributed by atoms with Crippen LogP contribution < -0.4 is 5.11 Å². The Balaban J connectivity index is 2.11. The number of hydrogen-bond donors (Lipinski definition) is 0. The van der Waals surface area contributed by atoms with Crippen molar-refractivity contribution in [3.63, 3.8) is 0 Å². The van der Waals surface area contributed by atoms with Gasteiger partial charge in [-0.05, 0) is 17.7 Å². The lowest BCUT2D eigenvalue weighted by molar-refractivity contribution is -0.212. The summed E-state index contributed by atoms with van der Waals surface area (Å²) in [4.78, 5) is 24.9. The highest BCUT2D eigenvalue weighted by Gasteiger charge is 2.45. The normalized spacial score (nSPS) is 14.8. The first kappa shape index (κ1) is 17.8. The van der Waals surface area contributed by atoms with Crippen molar-refractivity contribution in [3.05, 3.63) is 70.3 Å². The Hall–Kier alpha value is -3.01. The summed E-state index contributed by atoms with van der Waals surface area (Å²) in [5, 5.41) is 11.8. The Morgan fingerprint density at radius 2 is 1.38 bits per heavy atom. The molecule has 0 N–H and O–H groups in total. The van der Waals surface area contributed by atoms with Gasteiger partial charge < -0.3 is 5.11 Å². The number of halogens is 3. The van der Waals surface area contributed by atoms with Gasteiger partial charge in [-0.1, -0.05) is 30.3 Å². The molecule has 0 saturated heterocycles. The second kappa shape index (κ2) is 5.77. The smallest absolute Gasteiger partial charge is 0.518 e. The summed E-state index contributed by atoms with van der Waals surface area (Å²) in [7, 11) is -6.02. The fourth-order valence-electron chi connectivity index (χ4n) is 2.45. The molecule has 10 heteroatoms. The number of hydrogen-bond acceptors (Lipinski definition) is 5. The molecule has 6 nitrogen and oxygen atoms in total. The van der Waals surface area contributed by atoms with Gasteiger partial charge in [0.15, 0.2) is 11.6 Å². The fourth-order valence-corrected chi connectivity index (χ4v) is 2.87. The number of nitrogens with zero attached hydrogens (tertiary/aromatic N) is 1. The van der Waals surface area contributed by atoms with E-state index in [2.05, 4.69) is 4.40 Å². The van der Waals surface area contributed by atoms with Crippen LogP contribution in [0.3, 0.4) is 0 Å². The minimum Gasteiger partial charge on any atom is -0.858 e. The zero-order valence-electron chi connectivity index (χ0n) is 12.6. The predicted octanol–water partition coefficient (Wildman–Crippen LogP) is 1.42. The number of sulfonamides is 1. The summed E-state index contributed by atoms with van der Waals surface area (Å²) in [5.74, 6) is -2.79. The van der Waals surface area contributed by atoms with Crippen molar-refractivity contribution in [2.24, 2.45) is 4.40 Å². The number of fused-ring (bicyclic) bond motifs is 2.